The minimum Gasteiger partial charge on any atom is -0.479 e. The summed E-state index contributed by atoms with van der Waals surface area (Å²) in [5.74, 6) is -0.662. The van der Waals surface area contributed by atoms with Crippen LogP contribution < -0.4 is 15.6 Å². The van der Waals surface area contributed by atoms with Crippen LogP contribution in [0.25, 0.3) is 0 Å². The molecule has 8 heteroatoms. The van der Waals surface area contributed by atoms with E-state index in [0.717, 1.165) is 0 Å². The largest absolute Gasteiger partial charge is 0.479 e. The molecule has 0 fully saturated rings. The van der Waals surface area contributed by atoms with Crippen LogP contribution in [0.5, 0.6) is 5.75 Å². The van der Waals surface area contributed by atoms with Gasteiger partial charge in [-0.05, 0) is 31.5 Å². The number of hydrogen-bond acceptors (Lipinski definition) is 4. The van der Waals surface area contributed by atoms with E-state index in [9.17, 15) is 13.2 Å². The molecule has 0 spiro atoms. The molecule has 1 aromatic rings. The highest BCUT2D eigenvalue weighted by atomic mass is 79.9. The Labute approximate surface area is 113 Å². The summed E-state index contributed by atoms with van der Waals surface area (Å²) in [4.78, 5) is 10.8. The number of hydrogen-bond donors (Lipinski definition) is 2. The highest BCUT2D eigenvalue weighted by Crippen LogP contribution is 2.31. The maximum atomic E-state index is 11.5. The first kappa shape index (κ1) is 14.9. The van der Waals surface area contributed by atoms with Gasteiger partial charge in [-0.25, -0.2) is 13.6 Å². The van der Waals surface area contributed by atoms with Crippen molar-refractivity contribution in [1.29, 1.82) is 0 Å². The zero-order valence-electron chi connectivity index (χ0n) is 9.81. The molecule has 0 heterocycles. The van der Waals surface area contributed by atoms with Gasteiger partial charge in [0.1, 0.15) is 10.6 Å². The number of primary amides is 1. The Balaban J connectivity index is 3.38. The zero-order valence-corrected chi connectivity index (χ0v) is 12.2. The predicted molar refractivity (Wildman–Crippen MR) is 69.5 cm³/mol. The Bertz CT molecular complexity index is 586. The number of ether oxygens (including phenoxy) is 1. The number of nitrogens with two attached hydrogens (primary N) is 2. The molecule has 1 unspecified atom stereocenters. The number of carbonyl (C=O) groups is 1. The Kier molecular flexibility index (Phi) is 4.36. The number of sulfonamides is 1. The van der Waals surface area contributed by atoms with Crippen LogP contribution in [0.4, 0.5) is 0 Å². The molecule has 0 saturated heterocycles. The van der Waals surface area contributed by atoms with Gasteiger partial charge in [0.2, 0.25) is 10.0 Å². The van der Waals surface area contributed by atoms with Crippen molar-refractivity contribution in [2.24, 2.45) is 10.9 Å². The first-order chi connectivity index (χ1) is 8.12. The topological polar surface area (TPSA) is 112 Å². The molecule has 18 heavy (non-hydrogen) atoms. The maximum Gasteiger partial charge on any atom is 0.258 e. The van der Waals surface area contributed by atoms with E-state index in [-0.39, 0.29) is 10.6 Å². The summed E-state index contributed by atoms with van der Waals surface area (Å²) in [6, 6.07) is 2.96. The molecule has 0 radical (unpaired) electrons. The number of amides is 1. The van der Waals surface area contributed by atoms with Gasteiger partial charge in [0.15, 0.2) is 6.10 Å². The van der Waals surface area contributed by atoms with Crippen LogP contribution in [-0.2, 0) is 14.8 Å². The van der Waals surface area contributed by atoms with Crippen molar-refractivity contribution in [3.8, 4) is 5.75 Å². The standard InChI is InChI=1S/C10H13BrN2O4S/c1-5-3-7(11)4-8(18(13,15)16)9(5)17-6(2)10(12)14/h3-4,6H,1-2H3,(H2,12,14)(H2,13,15,16). The lowest BCUT2D eigenvalue weighted by molar-refractivity contribution is -0.124. The average Bonchev–Trinajstić information content (AvgIpc) is 2.19. The van der Waals surface area contributed by atoms with E-state index in [1.165, 1.54) is 13.0 Å². The molecule has 6 nitrogen and oxygen atoms in total. The second kappa shape index (κ2) is 5.25. The summed E-state index contributed by atoms with van der Waals surface area (Å²) in [5, 5.41) is 5.10. The quantitative estimate of drug-likeness (QED) is 0.840. The minimum absolute atomic E-state index is 0.0343. The molecular weight excluding hydrogens is 324 g/mol. The molecule has 0 aliphatic carbocycles. The second-order valence-corrected chi connectivity index (χ2v) is 6.20. The number of rotatable bonds is 4. The van der Waals surface area contributed by atoms with Gasteiger partial charge in [0.05, 0.1) is 0 Å². The Morgan fingerprint density at radius 2 is 2.00 bits per heavy atom. The van der Waals surface area contributed by atoms with Crippen LogP contribution in [0.15, 0.2) is 21.5 Å². The molecule has 1 amide bonds. The third-order valence-electron chi connectivity index (χ3n) is 2.21. The van der Waals surface area contributed by atoms with Crippen molar-refractivity contribution in [1.82, 2.24) is 0 Å². The first-order valence-electron chi connectivity index (χ1n) is 4.92. The SMILES string of the molecule is Cc1cc(Br)cc(S(N)(=O)=O)c1OC(C)C(N)=O. The van der Waals surface area contributed by atoms with E-state index in [2.05, 4.69) is 15.9 Å². The second-order valence-electron chi connectivity index (χ2n) is 3.76. The summed E-state index contributed by atoms with van der Waals surface area (Å²) in [5.41, 5.74) is 5.60. The van der Waals surface area contributed by atoms with Crippen LogP contribution in [0, 0.1) is 6.92 Å². The molecule has 100 valence electrons. The van der Waals surface area contributed by atoms with E-state index in [1.54, 1.807) is 13.0 Å². The fourth-order valence-corrected chi connectivity index (χ4v) is 2.78. The average molecular weight is 337 g/mol. The number of halogens is 1. The number of aryl methyl sites for hydroxylation is 1. The summed E-state index contributed by atoms with van der Waals surface area (Å²) < 4.78 is 28.7. The van der Waals surface area contributed by atoms with Crippen molar-refractivity contribution in [3.63, 3.8) is 0 Å². The number of primary sulfonamides is 1. The summed E-state index contributed by atoms with van der Waals surface area (Å²) in [6.45, 7) is 3.07. The highest BCUT2D eigenvalue weighted by Gasteiger charge is 2.21. The Hall–Kier alpha value is -1.12. The molecule has 1 atom stereocenters. The van der Waals surface area contributed by atoms with E-state index in [0.29, 0.717) is 10.0 Å². The van der Waals surface area contributed by atoms with Gasteiger partial charge in [-0.15, -0.1) is 0 Å². The summed E-state index contributed by atoms with van der Waals surface area (Å²) in [6.07, 6.45) is -0.953. The molecule has 0 aromatic heterocycles. The Morgan fingerprint density at radius 1 is 1.44 bits per heavy atom. The zero-order chi connectivity index (χ0) is 14.1. The lowest BCUT2D eigenvalue weighted by atomic mass is 10.2. The van der Waals surface area contributed by atoms with Gasteiger partial charge in [-0.3, -0.25) is 4.79 Å². The van der Waals surface area contributed by atoms with Crippen LogP contribution in [0.1, 0.15) is 12.5 Å². The molecule has 0 aliphatic heterocycles. The van der Waals surface area contributed by atoms with Crippen molar-refractivity contribution in [2.75, 3.05) is 0 Å². The molecule has 0 bridgehead atoms. The first-order valence-corrected chi connectivity index (χ1v) is 7.25. The molecule has 4 N–H and O–H groups in total. The third kappa shape index (κ3) is 3.44. The summed E-state index contributed by atoms with van der Waals surface area (Å²) in [7, 11) is -3.96. The van der Waals surface area contributed by atoms with Crippen LogP contribution in [-0.4, -0.2) is 20.4 Å². The normalized spacial score (nSPS) is 13.1. The van der Waals surface area contributed by atoms with Gasteiger partial charge in [0, 0.05) is 4.47 Å². The molecular formula is C10H13BrN2O4S. The molecule has 0 saturated carbocycles. The number of carbonyl (C=O) groups excluding carboxylic acids is 1. The van der Waals surface area contributed by atoms with Crippen LogP contribution in [0.3, 0.4) is 0 Å². The fourth-order valence-electron chi connectivity index (χ4n) is 1.30. The van der Waals surface area contributed by atoms with Gasteiger partial charge >= 0.3 is 0 Å². The minimum atomic E-state index is -3.96. The van der Waals surface area contributed by atoms with E-state index in [1.807, 2.05) is 0 Å². The summed E-state index contributed by atoms with van der Waals surface area (Å²) >= 11 is 3.17. The Morgan fingerprint density at radius 3 is 2.44 bits per heavy atom. The van der Waals surface area contributed by atoms with Crippen molar-refractivity contribution in [3.05, 3.63) is 22.2 Å². The molecule has 1 aromatic carbocycles. The van der Waals surface area contributed by atoms with Gasteiger partial charge in [-0.1, -0.05) is 15.9 Å². The molecule has 1 rings (SSSR count). The smallest absolute Gasteiger partial charge is 0.258 e. The van der Waals surface area contributed by atoms with Gasteiger partial charge in [-0.2, -0.15) is 0 Å². The van der Waals surface area contributed by atoms with Crippen molar-refractivity contribution >= 4 is 31.9 Å². The van der Waals surface area contributed by atoms with E-state index < -0.39 is 22.0 Å². The lowest BCUT2D eigenvalue weighted by Gasteiger charge is -2.16. The van der Waals surface area contributed by atoms with Crippen molar-refractivity contribution < 1.29 is 17.9 Å². The van der Waals surface area contributed by atoms with E-state index in [4.69, 9.17) is 15.6 Å². The van der Waals surface area contributed by atoms with Gasteiger partial charge < -0.3 is 10.5 Å². The highest BCUT2D eigenvalue weighted by molar-refractivity contribution is 9.10. The van der Waals surface area contributed by atoms with Gasteiger partial charge in [0.25, 0.3) is 5.91 Å². The lowest BCUT2D eigenvalue weighted by Crippen LogP contribution is -2.31. The van der Waals surface area contributed by atoms with Crippen LogP contribution in [0.2, 0.25) is 0 Å². The van der Waals surface area contributed by atoms with Crippen molar-refractivity contribution in [2.45, 2.75) is 24.8 Å². The third-order valence-corrected chi connectivity index (χ3v) is 3.58. The van der Waals surface area contributed by atoms with E-state index >= 15 is 0 Å². The number of benzene rings is 1. The monoisotopic (exact) mass is 336 g/mol. The fraction of sp³-hybridized carbons (Fsp3) is 0.300. The predicted octanol–water partition coefficient (Wildman–Crippen LogP) is 0.658. The van der Waals surface area contributed by atoms with Crippen LogP contribution >= 0.6 is 15.9 Å². The maximum absolute atomic E-state index is 11.5. The molecule has 0 aliphatic rings.